The van der Waals surface area contributed by atoms with Gasteiger partial charge in [0.2, 0.25) is 0 Å². The number of ether oxygens (including phenoxy) is 2. The SMILES string of the molecule is C=CCc1cc(OC)cc(CN(C)CCOc2ccccc2)c1O. The van der Waals surface area contributed by atoms with Crippen molar-refractivity contribution < 1.29 is 14.6 Å². The first-order valence-electron chi connectivity index (χ1n) is 8.00. The summed E-state index contributed by atoms with van der Waals surface area (Å²) in [7, 11) is 3.63. The molecule has 0 aliphatic carbocycles. The van der Waals surface area contributed by atoms with Crippen molar-refractivity contribution >= 4 is 0 Å². The summed E-state index contributed by atoms with van der Waals surface area (Å²) in [6.07, 6.45) is 2.38. The van der Waals surface area contributed by atoms with Crippen LogP contribution < -0.4 is 9.47 Å². The molecule has 0 atom stereocenters. The van der Waals surface area contributed by atoms with E-state index in [0.717, 1.165) is 29.2 Å². The zero-order valence-corrected chi connectivity index (χ0v) is 14.4. The number of rotatable bonds is 9. The quantitative estimate of drug-likeness (QED) is 0.714. The summed E-state index contributed by atoms with van der Waals surface area (Å²) in [6.45, 7) is 5.69. The van der Waals surface area contributed by atoms with E-state index in [0.29, 0.717) is 25.3 Å². The number of phenols is 1. The molecule has 0 bridgehead atoms. The van der Waals surface area contributed by atoms with Gasteiger partial charge in [0.25, 0.3) is 0 Å². The van der Waals surface area contributed by atoms with E-state index in [2.05, 4.69) is 11.5 Å². The maximum atomic E-state index is 10.4. The Morgan fingerprint density at radius 2 is 1.83 bits per heavy atom. The summed E-state index contributed by atoms with van der Waals surface area (Å²) in [6, 6.07) is 13.5. The summed E-state index contributed by atoms with van der Waals surface area (Å²) in [5.74, 6) is 1.92. The minimum Gasteiger partial charge on any atom is -0.507 e. The normalized spacial score (nSPS) is 10.6. The van der Waals surface area contributed by atoms with Gasteiger partial charge in [-0.3, -0.25) is 4.90 Å². The number of allylic oxidation sites excluding steroid dienone is 1. The molecule has 2 rings (SSSR count). The van der Waals surface area contributed by atoms with Gasteiger partial charge in [-0.15, -0.1) is 6.58 Å². The zero-order chi connectivity index (χ0) is 17.4. The van der Waals surface area contributed by atoms with Crippen molar-refractivity contribution in [1.82, 2.24) is 4.90 Å². The third-order valence-electron chi connectivity index (χ3n) is 3.77. The third-order valence-corrected chi connectivity index (χ3v) is 3.77. The Labute approximate surface area is 143 Å². The Morgan fingerprint density at radius 1 is 1.12 bits per heavy atom. The van der Waals surface area contributed by atoms with Crippen LogP contribution in [-0.4, -0.2) is 37.3 Å². The predicted octanol–water partition coefficient (Wildman–Crippen LogP) is 3.64. The van der Waals surface area contributed by atoms with Gasteiger partial charge in [-0.05, 0) is 37.7 Å². The minimum atomic E-state index is 0.312. The second-order valence-electron chi connectivity index (χ2n) is 5.69. The van der Waals surface area contributed by atoms with Gasteiger partial charge in [0.15, 0.2) is 0 Å². The number of hydrogen-bond donors (Lipinski definition) is 1. The molecule has 0 radical (unpaired) electrons. The molecule has 0 saturated heterocycles. The Morgan fingerprint density at radius 3 is 2.50 bits per heavy atom. The van der Waals surface area contributed by atoms with Crippen molar-refractivity contribution in [3.63, 3.8) is 0 Å². The molecule has 0 spiro atoms. The van der Waals surface area contributed by atoms with Crippen LogP contribution in [0.2, 0.25) is 0 Å². The van der Waals surface area contributed by atoms with E-state index in [9.17, 15) is 5.11 Å². The third kappa shape index (κ3) is 5.03. The van der Waals surface area contributed by atoms with E-state index in [1.165, 1.54) is 0 Å². The molecule has 4 heteroatoms. The fraction of sp³-hybridized carbons (Fsp3) is 0.300. The fourth-order valence-corrected chi connectivity index (χ4v) is 2.48. The predicted molar refractivity (Wildman–Crippen MR) is 96.8 cm³/mol. The van der Waals surface area contributed by atoms with Crippen LogP contribution in [0.1, 0.15) is 11.1 Å². The lowest BCUT2D eigenvalue weighted by atomic mass is 10.0. The summed E-state index contributed by atoms with van der Waals surface area (Å²) >= 11 is 0. The minimum absolute atomic E-state index is 0.312. The van der Waals surface area contributed by atoms with Crippen LogP contribution in [0, 0.1) is 0 Å². The smallest absolute Gasteiger partial charge is 0.123 e. The first kappa shape index (κ1) is 17.9. The van der Waals surface area contributed by atoms with Crippen LogP contribution in [0.15, 0.2) is 55.1 Å². The molecular formula is C20H25NO3. The molecule has 0 amide bonds. The van der Waals surface area contributed by atoms with E-state index < -0.39 is 0 Å². The van der Waals surface area contributed by atoms with Crippen molar-refractivity contribution in [2.45, 2.75) is 13.0 Å². The molecule has 2 aromatic rings. The summed E-state index contributed by atoms with van der Waals surface area (Å²) < 4.78 is 11.0. The highest BCUT2D eigenvalue weighted by atomic mass is 16.5. The topological polar surface area (TPSA) is 41.9 Å². The van der Waals surface area contributed by atoms with Gasteiger partial charge in [0.1, 0.15) is 23.9 Å². The van der Waals surface area contributed by atoms with E-state index >= 15 is 0 Å². The number of para-hydroxylation sites is 1. The lowest BCUT2D eigenvalue weighted by Crippen LogP contribution is -2.24. The molecule has 0 fully saturated rings. The van der Waals surface area contributed by atoms with Crippen molar-refractivity contribution in [3.8, 4) is 17.2 Å². The van der Waals surface area contributed by atoms with Crippen molar-refractivity contribution in [3.05, 3.63) is 66.2 Å². The first-order chi connectivity index (χ1) is 11.6. The lowest BCUT2D eigenvalue weighted by Gasteiger charge is -2.19. The van der Waals surface area contributed by atoms with Crippen LogP contribution in [0.4, 0.5) is 0 Å². The van der Waals surface area contributed by atoms with Crippen molar-refractivity contribution in [2.75, 3.05) is 27.3 Å². The maximum Gasteiger partial charge on any atom is 0.123 e. The molecule has 0 saturated carbocycles. The molecule has 4 nitrogen and oxygen atoms in total. The summed E-state index contributed by atoms with van der Waals surface area (Å²) in [5, 5.41) is 10.4. The molecule has 24 heavy (non-hydrogen) atoms. The fourth-order valence-electron chi connectivity index (χ4n) is 2.48. The average Bonchev–Trinajstić information content (AvgIpc) is 2.59. The molecular weight excluding hydrogens is 302 g/mol. The number of benzene rings is 2. The zero-order valence-electron chi connectivity index (χ0n) is 14.4. The van der Waals surface area contributed by atoms with Crippen LogP contribution in [0.25, 0.3) is 0 Å². The Hall–Kier alpha value is -2.46. The van der Waals surface area contributed by atoms with Gasteiger partial charge in [-0.2, -0.15) is 0 Å². The van der Waals surface area contributed by atoms with Crippen LogP contribution in [-0.2, 0) is 13.0 Å². The highest BCUT2D eigenvalue weighted by Crippen LogP contribution is 2.29. The van der Waals surface area contributed by atoms with Crippen molar-refractivity contribution in [1.29, 1.82) is 0 Å². The van der Waals surface area contributed by atoms with Crippen LogP contribution in [0.5, 0.6) is 17.2 Å². The van der Waals surface area contributed by atoms with E-state index in [1.807, 2.05) is 49.5 Å². The number of hydrogen-bond acceptors (Lipinski definition) is 4. The van der Waals surface area contributed by atoms with Gasteiger partial charge < -0.3 is 14.6 Å². The molecule has 0 aliphatic heterocycles. The van der Waals surface area contributed by atoms with Gasteiger partial charge in [0.05, 0.1) is 7.11 Å². The van der Waals surface area contributed by atoms with Crippen LogP contribution >= 0.6 is 0 Å². The molecule has 1 N–H and O–H groups in total. The van der Waals surface area contributed by atoms with E-state index in [1.54, 1.807) is 13.2 Å². The maximum absolute atomic E-state index is 10.4. The average molecular weight is 327 g/mol. The summed E-state index contributed by atoms with van der Waals surface area (Å²) in [4.78, 5) is 2.11. The second-order valence-corrected chi connectivity index (χ2v) is 5.69. The Kier molecular flexibility index (Phi) is 6.70. The monoisotopic (exact) mass is 327 g/mol. The molecule has 2 aromatic carbocycles. The largest absolute Gasteiger partial charge is 0.507 e. The van der Waals surface area contributed by atoms with Gasteiger partial charge in [-0.1, -0.05) is 24.3 Å². The molecule has 0 unspecified atom stereocenters. The highest BCUT2D eigenvalue weighted by molar-refractivity contribution is 5.47. The number of methoxy groups -OCH3 is 1. The molecule has 128 valence electrons. The number of nitrogens with zero attached hydrogens (tertiary/aromatic N) is 1. The number of phenolic OH excluding ortho intramolecular Hbond substituents is 1. The second kappa shape index (κ2) is 8.99. The van der Waals surface area contributed by atoms with E-state index in [4.69, 9.17) is 9.47 Å². The first-order valence-corrected chi connectivity index (χ1v) is 8.00. The molecule has 0 heterocycles. The lowest BCUT2D eigenvalue weighted by molar-refractivity contribution is 0.231. The van der Waals surface area contributed by atoms with Gasteiger partial charge in [0, 0.05) is 24.2 Å². The highest BCUT2D eigenvalue weighted by Gasteiger charge is 2.12. The van der Waals surface area contributed by atoms with Crippen molar-refractivity contribution in [2.24, 2.45) is 0 Å². The number of aromatic hydroxyl groups is 1. The molecule has 0 aromatic heterocycles. The summed E-state index contributed by atoms with van der Waals surface area (Å²) in [5.41, 5.74) is 1.67. The molecule has 0 aliphatic rings. The van der Waals surface area contributed by atoms with E-state index in [-0.39, 0.29) is 0 Å². The van der Waals surface area contributed by atoms with Crippen LogP contribution in [0.3, 0.4) is 0 Å². The van der Waals surface area contributed by atoms with Gasteiger partial charge >= 0.3 is 0 Å². The standard InChI is InChI=1S/C20H25NO3/c1-4-8-16-13-19(23-3)14-17(20(16)22)15-21(2)11-12-24-18-9-6-5-7-10-18/h4-7,9-10,13-14,22H,1,8,11-12,15H2,2-3H3. The Bertz CT molecular complexity index is 655. The Balaban J connectivity index is 1.96. The number of likely N-dealkylation sites (N-methyl/N-ethyl adjacent to an activating group) is 1. The van der Waals surface area contributed by atoms with Gasteiger partial charge in [-0.25, -0.2) is 0 Å².